The van der Waals surface area contributed by atoms with E-state index in [1.807, 2.05) is 0 Å². The smallest absolute Gasteiger partial charge is 0.0697 e. The Kier molecular flexibility index (Phi) is 19.8. The van der Waals surface area contributed by atoms with Crippen LogP contribution in [0.25, 0.3) is 0 Å². The zero-order valence-electron chi connectivity index (χ0n) is 15.9. The van der Waals surface area contributed by atoms with Crippen LogP contribution in [0.1, 0.15) is 97.3 Å². The van der Waals surface area contributed by atoms with Crippen molar-refractivity contribution in [1.82, 2.24) is 0 Å². The molecular weight excluding hydrogens is 288 g/mol. The van der Waals surface area contributed by atoms with Crippen LogP contribution >= 0.6 is 0 Å². The summed E-state index contributed by atoms with van der Waals surface area (Å²) in [5.41, 5.74) is 0. The second-order valence-corrected chi connectivity index (χ2v) is 6.59. The van der Waals surface area contributed by atoms with Crippen LogP contribution in [0.15, 0.2) is 0 Å². The molecule has 0 saturated heterocycles. The Labute approximate surface area is 145 Å². The van der Waals surface area contributed by atoms with Crippen LogP contribution in [0.5, 0.6) is 0 Å². The molecule has 1 N–H and O–H groups in total. The summed E-state index contributed by atoms with van der Waals surface area (Å²) in [5.74, 6) is 0. The van der Waals surface area contributed by atoms with E-state index in [0.717, 1.165) is 32.5 Å². The van der Waals surface area contributed by atoms with Gasteiger partial charge in [-0.05, 0) is 32.1 Å². The highest BCUT2D eigenvalue weighted by Gasteiger charge is 2.08. The molecule has 0 fully saturated rings. The van der Waals surface area contributed by atoms with Gasteiger partial charge in [-0.15, -0.1) is 0 Å². The van der Waals surface area contributed by atoms with Gasteiger partial charge in [-0.2, -0.15) is 0 Å². The van der Waals surface area contributed by atoms with Gasteiger partial charge in [-0.25, -0.2) is 0 Å². The maximum Gasteiger partial charge on any atom is 0.0697 e. The Balaban J connectivity index is 3.61. The van der Waals surface area contributed by atoms with E-state index in [2.05, 4.69) is 13.8 Å². The molecular formula is C20H42O3. The fraction of sp³-hybridized carbons (Fsp3) is 1.00. The number of aliphatic hydroxyl groups is 1. The van der Waals surface area contributed by atoms with Crippen molar-refractivity contribution < 1.29 is 14.6 Å². The SMILES string of the molecule is CCCCCCCC(CCCCC)OCCCCCOCCO. The monoisotopic (exact) mass is 330 g/mol. The summed E-state index contributed by atoms with van der Waals surface area (Å²) in [5, 5.41) is 8.63. The molecule has 0 spiro atoms. The van der Waals surface area contributed by atoms with Gasteiger partial charge in [0.2, 0.25) is 0 Å². The quantitative estimate of drug-likeness (QED) is 0.318. The Morgan fingerprint density at radius 3 is 1.91 bits per heavy atom. The van der Waals surface area contributed by atoms with Crippen molar-refractivity contribution in [2.24, 2.45) is 0 Å². The van der Waals surface area contributed by atoms with Crippen LogP contribution in [0, 0.1) is 0 Å². The van der Waals surface area contributed by atoms with E-state index in [1.54, 1.807) is 0 Å². The first kappa shape index (κ1) is 22.9. The number of hydrogen-bond acceptors (Lipinski definition) is 3. The molecule has 0 radical (unpaired) electrons. The van der Waals surface area contributed by atoms with Crippen molar-refractivity contribution in [2.45, 2.75) is 103 Å². The zero-order valence-corrected chi connectivity index (χ0v) is 15.9. The van der Waals surface area contributed by atoms with Crippen LogP contribution in [-0.4, -0.2) is 37.6 Å². The summed E-state index contributed by atoms with van der Waals surface area (Å²) in [4.78, 5) is 0. The lowest BCUT2D eigenvalue weighted by Gasteiger charge is -2.18. The van der Waals surface area contributed by atoms with Crippen molar-refractivity contribution >= 4 is 0 Å². The number of rotatable bonds is 19. The van der Waals surface area contributed by atoms with Crippen LogP contribution in [0.2, 0.25) is 0 Å². The molecule has 3 nitrogen and oxygen atoms in total. The molecule has 0 heterocycles. The number of unbranched alkanes of at least 4 members (excludes halogenated alkanes) is 8. The van der Waals surface area contributed by atoms with Gasteiger partial charge in [0.1, 0.15) is 0 Å². The first-order chi connectivity index (χ1) is 11.3. The third-order valence-electron chi connectivity index (χ3n) is 4.28. The van der Waals surface area contributed by atoms with E-state index in [4.69, 9.17) is 14.6 Å². The van der Waals surface area contributed by atoms with E-state index in [-0.39, 0.29) is 6.61 Å². The van der Waals surface area contributed by atoms with Crippen molar-refractivity contribution in [3.63, 3.8) is 0 Å². The van der Waals surface area contributed by atoms with Gasteiger partial charge in [0.05, 0.1) is 19.3 Å². The fourth-order valence-corrected chi connectivity index (χ4v) is 2.81. The normalized spacial score (nSPS) is 12.7. The Morgan fingerprint density at radius 2 is 1.22 bits per heavy atom. The molecule has 140 valence electrons. The van der Waals surface area contributed by atoms with E-state index in [0.29, 0.717) is 12.7 Å². The van der Waals surface area contributed by atoms with E-state index >= 15 is 0 Å². The van der Waals surface area contributed by atoms with Crippen molar-refractivity contribution in [3.05, 3.63) is 0 Å². The standard InChI is InChI=1S/C20H42O3/c1-3-5-7-8-11-15-20(14-10-6-4-2)23-18-13-9-12-17-22-19-16-21/h20-21H,3-19H2,1-2H3. The molecule has 0 saturated carbocycles. The average molecular weight is 331 g/mol. The summed E-state index contributed by atoms with van der Waals surface area (Å²) in [7, 11) is 0. The minimum atomic E-state index is 0.126. The summed E-state index contributed by atoms with van der Waals surface area (Å²) in [6.45, 7) is 6.78. The van der Waals surface area contributed by atoms with Crippen molar-refractivity contribution in [1.29, 1.82) is 0 Å². The lowest BCUT2D eigenvalue weighted by Crippen LogP contribution is -2.14. The topological polar surface area (TPSA) is 38.7 Å². The predicted molar refractivity (Wildman–Crippen MR) is 99.0 cm³/mol. The molecule has 0 aliphatic rings. The Morgan fingerprint density at radius 1 is 0.652 bits per heavy atom. The highest BCUT2D eigenvalue weighted by molar-refractivity contribution is 4.60. The summed E-state index contributed by atoms with van der Waals surface area (Å²) >= 11 is 0. The Hall–Kier alpha value is -0.120. The molecule has 0 aromatic rings. The summed E-state index contributed by atoms with van der Waals surface area (Å²) in [6.07, 6.45) is 17.0. The molecule has 0 bridgehead atoms. The van der Waals surface area contributed by atoms with Crippen molar-refractivity contribution in [3.8, 4) is 0 Å². The van der Waals surface area contributed by atoms with Crippen LogP contribution in [0.4, 0.5) is 0 Å². The lowest BCUT2D eigenvalue weighted by atomic mass is 10.0. The molecule has 0 aromatic heterocycles. The molecule has 0 rings (SSSR count). The molecule has 3 heteroatoms. The van der Waals surface area contributed by atoms with Gasteiger partial charge < -0.3 is 14.6 Å². The second kappa shape index (κ2) is 19.9. The highest BCUT2D eigenvalue weighted by atomic mass is 16.5. The first-order valence-electron chi connectivity index (χ1n) is 10.1. The largest absolute Gasteiger partial charge is 0.394 e. The van der Waals surface area contributed by atoms with Gasteiger partial charge in [0, 0.05) is 13.2 Å². The summed E-state index contributed by atoms with van der Waals surface area (Å²) < 4.78 is 11.4. The van der Waals surface area contributed by atoms with Gasteiger partial charge >= 0.3 is 0 Å². The molecule has 23 heavy (non-hydrogen) atoms. The highest BCUT2D eigenvalue weighted by Crippen LogP contribution is 2.16. The number of aliphatic hydroxyl groups excluding tert-OH is 1. The molecule has 1 atom stereocenters. The molecule has 1 unspecified atom stereocenters. The predicted octanol–water partition coefficient (Wildman–Crippen LogP) is 5.49. The Bertz CT molecular complexity index is 209. The number of hydrogen-bond donors (Lipinski definition) is 1. The maximum atomic E-state index is 8.63. The maximum absolute atomic E-state index is 8.63. The minimum Gasteiger partial charge on any atom is -0.394 e. The molecule has 0 aliphatic carbocycles. The van der Waals surface area contributed by atoms with E-state index < -0.39 is 0 Å². The lowest BCUT2D eigenvalue weighted by molar-refractivity contribution is 0.0340. The van der Waals surface area contributed by atoms with Crippen LogP contribution < -0.4 is 0 Å². The van der Waals surface area contributed by atoms with Crippen LogP contribution in [0.3, 0.4) is 0 Å². The average Bonchev–Trinajstić information content (AvgIpc) is 2.56. The zero-order chi connectivity index (χ0) is 17.0. The third-order valence-corrected chi connectivity index (χ3v) is 4.28. The molecule has 0 aromatic carbocycles. The summed E-state index contributed by atoms with van der Waals surface area (Å²) in [6, 6.07) is 0. The molecule has 0 amide bonds. The second-order valence-electron chi connectivity index (χ2n) is 6.59. The van der Waals surface area contributed by atoms with Gasteiger partial charge in [-0.3, -0.25) is 0 Å². The third kappa shape index (κ3) is 18.1. The fourth-order valence-electron chi connectivity index (χ4n) is 2.81. The molecule has 0 aliphatic heterocycles. The van der Waals surface area contributed by atoms with Crippen LogP contribution in [-0.2, 0) is 9.47 Å². The van der Waals surface area contributed by atoms with Gasteiger partial charge in [-0.1, -0.05) is 65.2 Å². The van der Waals surface area contributed by atoms with E-state index in [1.165, 1.54) is 64.2 Å². The first-order valence-corrected chi connectivity index (χ1v) is 10.1. The number of ether oxygens (including phenoxy) is 2. The van der Waals surface area contributed by atoms with E-state index in [9.17, 15) is 0 Å². The van der Waals surface area contributed by atoms with Gasteiger partial charge in [0.25, 0.3) is 0 Å². The van der Waals surface area contributed by atoms with Gasteiger partial charge in [0.15, 0.2) is 0 Å². The minimum absolute atomic E-state index is 0.126. The van der Waals surface area contributed by atoms with Crippen molar-refractivity contribution in [2.75, 3.05) is 26.4 Å².